The lowest BCUT2D eigenvalue weighted by molar-refractivity contribution is 0.0254. The van der Waals surface area contributed by atoms with Crippen LogP contribution in [0.2, 0.25) is 0 Å². The zero-order valence-corrected chi connectivity index (χ0v) is 23.9. The van der Waals surface area contributed by atoms with Gasteiger partial charge in [0.1, 0.15) is 34.9 Å². The predicted octanol–water partition coefficient (Wildman–Crippen LogP) is 6.91. The number of amides is 1. The molecular formula is C34H35N3O5. The molecule has 216 valence electrons. The molecule has 2 aromatic heterocycles. The molecule has 1 N–H and O–H groups in total. The monoisotopic (exact) mass is 565 g/mol. The quantitative estimate of drug-likeness (QED) is 0.247. The van der Waals surface area contributed by atoms with E-state index in [1.165, 1.54) is 32.1 Å². The zero-order chi connectivity index (χ0) is 28.9. The maximum atomic E-state index is 12.9. The summed E-state index contributed by atoms with van der Waals surface area (Å²) in [5.41, 5.74) is 4.67. The molecule has 1 amide bonds. The molecule has 6 rings (SSSR count). The number of methoxy groups -OCH3 is 1. The second-order valence-electron chi connectivity index (χ2n) is 11.1. The van der Waals surface area contributed by atoms with Crippen molar-refractivity contribution in [2.24, 2.45) is 5.92 Å². The van der Waals surface area contributed by atoms with Gasteiger partial charge in [-0.05, 0) is 60.7 Å². The van der Waals surface area contributed by atoms with E-state index in [1.54, 1.807) is 25.4 Å². The average molecular weight is 566 g/mol. The van der Waals surface area contributed by atoms with E-state index in [2.05, 4.69) is 16.4 Å². The number of nitriles is 1. The Bertz CT molecular complexity index is 1610. The van der Waals surface area contributed by atoms with Gasteiger partial charge in [-0.3, -0.25) is 9.78 Å². The van der Waals surface area contributed by atoms with Gasteiger partial charge < -0.3 is 23.9 Å². The van der Waals surface area contributed by atoms with Gasteiger partial charge in [-0.2, -0.15) is 5.26 Å². The molecular weight excluding hydrogens is 530 g/mol. The van der Waals surface area contributed by atoms with Crippen LogP contribution in [0.3, 0.4) is 0 Å². The fraction of sp³-hybridized carbons (Fsp3) is 0.382. The van der Waals surface area contributed by atoms with Gasteiger partial charge in [0, 0.05) is 42.8 Å². The minimum Gasteiger partial charge on any atom is -0.496 e. The Morgan fingerprint density at radius 2 is 1.83 bits per heavy atom. The van der Waals surface area contributed by atoms with Gasteiger partial charge in [0.05, 0.1) is 31.5 Å². The fourth-order valence-corrected chi connectivity index (χ4v) is 5.93. The highest BCUT2D eigenvalue weighted by atomic mass is 16.5. The number of nitrogens with one attached hydrogen (secondary N) is 1. The molecule has 8 nitrogen and oxygen atoms in total. The first kappa shape index (κ1) is 27.8. The van der Waals surface area contributed by atoms with Crippen molar-refractivity contribution in [1.82, 2.24) is 10.3 Å². The Hall–Kier alpha value is -4.35. The van der Waals surface area contributed by atoms with Crippen LogP contribution in [0.25, 0.3) is 33.6 Å². The Morgan fingerprint density at radius 1 is 1.00 bits per heavy atom. The smallest absolute Gasteiger partial charge is 0.251 e. The summed E-state index contributed by atoms with van der Waals surface area (Å²) >= 11 is 0. The molecule has 3 heterocycles. The Balaban J connectivity index is 1.25. The van der Waals surface area contributed by atoms with Crippen molar-refractivity contribution in [3.05, 3.63) is 65.9 Å². The van der Waals surface area contributed by atoms with Crippen molar-refractivity contribution in [3.8, 4) is 40.0 Å². The predicted molar refractivity (Wildman–Crippen MR) is 160 cm³/mol. The Morgan fingerprint density at radius 3 is 2.62 bits per heavy atom. The minimum atomic E-state index is -0.100. The molecule has 0 spiro atoms. The van der Waals surface area contributed by atoms with Crippen molar-refractivity contribution < 1.29 is 23.4 Å². The molecule has 0 atom stereocenters. The molecule has 42 heavy (non-hydrogen) atoms. The third kappa shape index (κ3) is 5.97. The first-order chi connectivity index (χ1) is 20.6. The number of carbonyl (C=O) groups is 1. The normalized spacial score (nSPS) is 16.2. The first-order valence-electron chi connectivity index (χ1n) is 14.8. The van der Waals surface area contributed by atoms with Gasteiger partial charge in [0.2, 0.25) is 0 Å². The van der Waals surface area contributed by atoms with Gasteiger partial charge >= 0.3 is 0 Å². The Kier molecular flexibility index (Phi) is 8.38. The van der Waals surface area contributed by atoms with Crippen molar-refractivity contribution in [2.45, 2.75) is 51.0 Å². The molecule has 1 aliphatic heterocycles. The SMILES string of the molecule is COc1cc(C(=O)NCC2CCCCC2)ccc1-c1cc2nccc(-c3ccc(OC4CCOCC4)c(C#N)c3)c2o1. The summed E-state index contributed by atoms with van der Waals surface area (Å²) in [7, 11) is 1.59. The third-order valence-corrected chi connectivity index (χ3v) is 8.29. The van der Waals surface area contributed by atoms with Crippen molar-refractivity contribution >= 4 is 17.0 Å². The van der Waals surface area contributed by atoms with E-state index in [1.807, 2.05) is 36.4 Å². The number of rotatable bonds is 8. The van der Waals surface area contributed by atoms with Gasteiger partial charge in [0.15, 0.2) is 5.58 Å². The molecule has 1 saturated carbocycles. The van der Waals surface area contributed by atoms with Crippen molar-refractivity contribution in [2.75, 3.05) is 26.9 Å². The van der Waals surface area contributed by atoms with E-state index in [-0.39, 0.29) is 12.0 Å². The Labute approximate surface area is 245 Å². The molecule has 1 aliphatic carbocycles. The van der Waals surface area contributed by atoms with Crippen LogP contribution in [-0.2, 0) is 4.74 Å². The van der Waals surface area contributed by atoms with Crippen LogP contribution in [0.4, 0.5) is 0 Å². The maximum Gasteiger partial charge on any atom is 0.251 e. The highest BCUT2D eigenvalue weighted by Crippen LogP contribution is 2.38. The summed E-state index contributed by atoms with van der Waals surface area (Å²) < 4.78 is 23.6. The lowest BCUT2D eigenvalue weighted by Crippen LogP contribution is -2.30. The molecule has 2 fully saturated rings. The lowest BCUT2D eigenvalue weighted by Gasteiger charge is -2.23. The number of benzene rings is 2. The third-order valence-electron chi connectivity index (χ3n) is 8.29. The number of nitrogens with zero attached hydrogens (tertiary/aromatic N) is 2. The van der Waals surface area contributed by atoms with Crippen LogP contribution < -0.4 is 14.8 Å². The molecule has 2 aromatic carbocycles. The summed E-state index contributed by atoms with van der Waals surface area (Å²) in [5.74, 6) is 2.15. The van der Waals surface area contributed by atoms with Crippen molar-refractivity contribution in [1.29, 1.82) is 5.26 Å². The first-order valence-corrected chi connectivity index (χ1v) is 14.8. The second-order valence-corrected chi connectivity index (χ2v) is 11.1. The number of pyridine rings is 1. The molecule has 8 heteroatoms. The number of aromatic nitrogens is 1. The van der Waals surface area contributed by atoms with Crippen molar-refractivity contribution in [3.63, 3.8) is 0 Å². The van der Waals surface area contributed by atoms with E-state index in [9.17, 15) is 10.1 Å². The minimum absolute atomic E-state index is 0.0429. The van der Waals surface area contributed by atoms with Crippen LogP contribution in [0.15, 0.2) is 59.1 Å². The van der Waals surface area contributed by atoms with Crippen LogP contribution in [0.1, 0.15) is 60.9 Å². The maximum absolute atomic E-state index is 12.9. The fourth-order valence-electron chi connectivity index (χ4n) is 5.93. The number of fused-ring (bicyclic) bond motifs is 1. The van der Waals surface area contributed by atoms with Gasteiger partial charge in [0.25, 0.3) is 5.91 Å². The standard InChI is InChI=1S/C34H35N3O5/c1-39-31-18-24(34(38)37-21-22-5-3-2-4-6-22)7-9-28(31)32-19-29-33(42-32)27(11-14-36-29)23-8-10-30(25(17-23)20-35)41-26-12-15-40-16-13-26/h7-11,14,17-19,22,26H,2-6,12-13,15-16,21H2,1H3,(H,37,38). The van der Waals surface area contributed by atoms with E-state index >= 15 is 0 Å². The molecule has 0 bridgehead atoms. The molecule has 0 radical (unpaired) electrons. The number of hydrogen-bond acceptors (Lipinski definition) is 7. The van der Waals surface area contributed by atoms with Crippen LogP contribution in [-0.4, -0.2) is 43.9 Å². The summed E-state index contributed by atoms with van der Waals surface area (Å²) in [6, 6.07) is 17.0. The number of carbonyl (C=O) groups excluding carboxylic acids is 1. The van der Waals surface area contributed by atoms with E-state index < -0.39 is 0 Å². The number of ether oxygens (including phenoxy) is 3. The van der Waals surface area contributed by atoms with Gasteiger partial charge in [-0.15, -0.1) is 0 Å². The topological polar surface area (TPSA) is 107 Å². The van der Waals surface area contributed by atoms with Gasteiger partial charge in [-0.25, -0.2) is 0 Å². The lowest BCUT2D eigenvalue weighted by atomic mass is 9.89. The van der Waals surface area contributed by atoms with Crippen LogP contribution in [0.5, 0.6) is 11.5 Å². The zero-order valence-electron chi connectivity index (χ0n) is 23.9. The van der Waals surface area contributed by atoms with E-state index in [0.717, 1.165) is 29.5 Å². The number of furan rings is 1. The largest absolute Gasteiger partial charge is 0.496 e. The average Bonchev–Trinajstić information content (AvgIpc) is 3.49. The molecule has 0 unspecified atom stereocenters. The van der Waals surface area contributed by atoms with Crippen LogP contribution in [0, 0.1) is 17.2 Å². The highest BCUT2D eigenvalue weighted by Gasteiger charge is 2.21. The summed E-state index contributed by atoms with van der Waals surface area (Å²) in [4.78, 5) is 17.4. The van der Waals surface area contributed by atoms with E-state index in [0.29, 0.717) is 65.2 Å². The summed E-state index contributed by atoms with van der Waals surface area (Å²) in [6.45, 7) is 2.04. The molecule has 2 aliphatic rings. The van der Waals surface area contributed by atoms with Crippen LogP contribution >= 0.6 is 0 Å². The molecule has 4 aromatic rings. The van der Waals surface area contributed by atoms with Gasteiger partial charge in [-0.1, -0.05) is 25.3 Å². The summed E-state index contributed by atoms with van der Waals surface area (Å²) in [6.07, 6.45) is 9.52. The molecule has 1 saturated heterocycles. The second kappa shape index (κ2) is 12.7. The van der Waals surface area contributed by atoms with E-state index in [4.69, 9.17) is 18.6 Å². The summed E-state index contributed by atoms with van der Waals surface area (Å²) in [5, 5.41) is 13.0. The highest BCUT2D eigenvalue weighted by molar-refractivity contribution is 5.96. The number of hydrogen-bond donors (Lipinski definition) is 1.